The van der Waals surface area contributed by atoms with Gasteiger partial charge in [0.05, 0.1) is 34.3 Å². The summed E-state index contributed by atoms with van der Waals surface area (Å²) in [4.78, 5) is 38.9. The van der Waals surface area contributed by atoms with E-state index in [2.05, 4.69) is 15.0 Å². The largest absolute Gasteiger partial charge is 0.465 e. The first kappa shape index (κ1) is 22.6. The molecule has 0 bridgehead atoms. The van der Waals surface area contributed by atoms with Crippen molar-refractivity contribution in [1.82, 2.24) is 19.5 Å². The van der Waals surface area contributed by atoms with Crippen LogP contribution in [0.3, 0.4) is 0 Å². The molecule has 0 N–H and O–H groups in total. The molecule has 0 saturated heterocycles. The summed E-state index contributed by atoms with van der Waals surface area (Å²) in [5.41, 5.74) is 2.22. The van der Waals surface area contributed by atoms with Crippen LogP contribution in [0.5, 0.6) is 0 Å². The number of rotatable bonds is 6. The number of thioether (sulfide) groups is 1. The Morgan fingerprint density at radius 1 is 1.24 bits per heavy atom. The van der Waals surface area contributed by atoms with Crippen LogP contribution >= 0.6 is 23.4 Å². The van der Waals surface area contributed by atoms with Gasteiger partial charge < -0.3 is 13.7 Å². The van der Waals surface area contributed by atoms with Crippen molar-refractivity contribution >= 4 is 40.4 Å². The van der Waals surface area contributed by atoms with Crippen molar-refractivity contribution < 1.29 is 13.9 Å². The molecule has 10 heteroatoms. The van der Waals surface area contributed by atoms with E-state index >= 15 is 0 Å². The number of pyridine rings is 1. The minimum atomic E-state index is -0.581. The first-order valence-corrected chi connectivity index (χ1v) is 12.1. The molecule has 0 radical (unpaired) electrons. The minimum absolute atomic E-state index is 0.176. The molecular formula is C24H21ClN4O4S. The molecule has 1 aliphatic rings. The van der Waals surface area contributed by atoms with Gasteiger partial charge in [0.1, 0.15) is 11.4 Å². The zero-order chi connectivity index (χ0) is 24.0. The van der Waals surface area contributed by atoms with E-state index in [0.717, 1.165) is 24.1 Å². The Kier molecular flexibility index (Phi) is 5.91. The second-order valence-corrected chi connectivity index (χ2v) is 9.44. The highest BCUT2D eigenvalue weighted by Gasteiger charge is 2.30. The lowest BCUT2D eigenvalue weighted by Crippen LogP contribution is -2.20. The molecule has 0 amide bonds. The number of fused-ring (bicyclic) bond motifs is 1. The molecule has 174 valence electrons. The molecule has 1 aliphatic carbocycles. The molecule has 3 heterocycles. The number of hydrogen-bond donors (Lipinski definition) is 0. The van der Waals surface area contributed by atoms with E-state index in [1.54, 1.807) is 19.1 Å². The number of oxazole rings is 1. The predicted molar refractivity (Wildman–Crippen MR) is 129 cm³/mol. The van der Waals surface area contributed by atoms with Crippen molar-refractivity contribution in [1.29, 1.82) is 0 Å². The van der Waals surface area contributed by atoms with Gasteiger partial charge in [-0.15, -0.1) is 0 Å². The van der Waals surface area contributed by atoms with Gasteiger partial charge in [0.15, 0.2) is 5.16 Å². The summed E-state index contributed by atoms with van der Waals surface area (Å²) in [5, 5.41) is 1.28. The standard InChI is InChI=1S/C24H21ClN4O4S/c1-12-10-16(23(31)32-3)19-20(26-12)29(14-8-9-14)24(28-21(19)30)34-11-18-13(2)33-22(27-18)15-6-4-5-7-17(15)25/h4-7,10,14H,8-9,11H2,1-3H3. The molecule has 4 aromatic rings. The fourth-order valence-corrected chi connectivity index (χ4v) is 5.08. The van der Waals surface area contributed by atoms with E-state index in [-0.39, 0.29) is 17.0 Å². The maximum absolute atomic E-state index is 13.0. The molecule has 3 aromatic heterocycles. The number of carbonyl (C=O) groups excluding carboxylic acids is 1. The molecular weight excluding hydrogens is 476 g/mol. The van der Waals surface area contributed by atoms with Crippen LogP contribution in [0.4, 0.5) is 0 Å². The molecule has 1 aromatic carbocycles. The highest BCUT2D eigenvalue weighted by Crippen LogP contribution is 2.40. The fraction of sp³-hybridized carbons (Fsp3) is 0.292. The van der Waals surface area contributed by atoms with Crippen LogP contribution in [-0.4, -0.2) is 32.6 Å². The Labute approximate surface area is 204 Å². The molecule has 0 spiro atoms. The molecule has 5 rings (SSSR count). The number of carbonyl (C=O) groups is 1. The van der Waals surface area contributed by atoms with Crippen molar-refractivity contribution in [3.05, 3.63) is 68.4 Å². The zero-order valence-corrected chi connectivity index (χ0v) is 20.4. The number of aryl methyl sites for hydroxylation is 2. The van der Waals surface area contributed by atoms with Crippen molar-refractivity contribution in [2.45, 2.75) is 43.6 Å². The maximum atomic E-state index is 13.0. The van der Waals surface area contributed by atoms with E-state index in [9.17, 15) is 9.59 Å². The van der Waals surface area contributed by atoms with E-state index in [4.69, 9.17) is 20.8 Å². The van der Waals surface area contributed by atoms with Crippen LogP contribution in [0, 0.1) is 13.8 Å². The highest BCUT2D eigenvalue weighted by molar-refractivity contribution is 7.98. The van der Waals surface area contributed by atoms with Gasteiger partial charge in [0.25, 0.3) is 5.56 Å². The first-order valence-electron chi connectivity index (χ1n) is 10.7. The SMILES string of the molecule is COC(=O)c1cc(C)nc2c1c(=O)nc(SCc1nc(-c3ccccc3Cl)oc1C)n2C1CC1. The quantitative estimate of drug-likeness (QED) is 0.206. The third kappa shape index (κ3) is 4.10. The van der Waals surface area contributed by atoms with Crippen LogP contribution in [-0.2, 0) is 10.5 Å². The number of methoxy groups -OCH3 is 1. The van der Waals surface area contributed by atoms with Gasteiger partial charge in [-0.1, -0.05) is 35.5 Å². The van der Waals surface area contributed by atoms with Crippen molar-refractivity contribution in [3.8, 4) is 11.5 Å². The lowest BCUT2D eigenvalue weighted by molar-refractivity contribution is 0.0602. The van der Waals surface area contributed by atoms with E-state index in [1.165, 1.54) is 18.9 Å². The topological polar surface area (TPSA) is 100 Å². The van der Waals surface area contributed by atoms with Gasteiger partial charge in [0.2, 0.25) is 5.89 Å². The third-order valence-electron chi connectivity index (χ3n) is 5.63. The summed E-state index contributed by atoms with van der Waals surface area (Å²) in [6.45, 7) is 3.63. The van der Waals surface area contributed by atoms with Gasteiger partial charge in [0, 0.05) is 17.5 Å². The summed E-state index contributed by atoms with van der Waals surface area (Å²) in [6.07, 6.45) is 1.91. The molecule has 34 heavy (non-hydrogen) atoms. The minimum Gasteiger partial charge on any atom is -0.465 e. The lowest BCUT2D eigenvalue weighted by Gasteiger charge is -2.15. The summed E-state index contributed by atoms with van der Waals surface area (Å²) in [5.74, 6) is 0.984. The number of nitrogens with zero attached hydrogens (tertiary/aromatic N) is 4. The number of ether oxygens (including phenoxy) is 1. The molecule has 0 unspecified atom stereocenters. The van der Waals surface area contributed by atoms with Crippen molar-refractivity contribution in [3.63, 3.8) is 0 Å². The Hall–Kier alpha value is -3.17. The molecule has 0 atom stereocenters. The number of hydrogen-bond acceptors (Lipinski definition) is 8. The lowest BCUT2D eigenvalue weighted by atomic mass is 10.1. The van der Waals surface area contributed by atoms with Gasteiger partial charge in [-0.05, 0) is 44.9 Å². The second kappa shape index (κ2) is 8.88. The Morgan fingerprint density at radius 2 is 2.00 bits per heavy atom. The zero-order valence-electron chi connectivity index (χ0n) is 18.8. The van der Waals surface area contributed by atoms with Gasteiger partial charge >= 0.3 is 5.97 Å². The second-order valence-electron chi connectivity index (χ2n) is 8.09. The number of benzene rings is 1. The summed E-state index contributed by atoms with van der Waals surface area (Å²) >= 11 is 7.68. The van der Waals surface area contributed by atoms with E-state index in [1.807, 2.05) is 29.7 Å². The molecule has 8 nitrogen and oxygen atoms in total. The van der Waals surface area contributed by atoms with Crippen LogP contribution in [0.2, 0.25) is 5.02 Å². The Bertz CT molecular complexity index is 1490. The van der Waals surface area contributed by atoms with Crippen LogP contribution in [0.15, 0.2) is 44.7 Å². The number of aromatic nitrogens is 4. The van der Waals surface area contributed by atoms with Crippen LogP contribution in [0.25, 0.3) is 22.5 Å². The summed E-state index contributed by atoms with van der Waals surface area (Å²) < 4.78 is 12.7. The molecule has 0 aliphatic heterocycles. The molecule has 1 fully saturated rings. The number of esters is 1. The van der Waals surface area contributed by atoms with Crippen LogP contribution < -0.4 is 5.56 Å². The Balaban J connectivity index is 1.54. The average Bonchev–Trinajstić information content (AvgIpc) is 3.58. The summed E-state index contributed by atoms with van der Waals surface area (Å²) in [6, 6.07) is 9.11. The summed E-state index contributed by atoms with van der Waals surface area (Å²) in [7, 11) is 1.29. The van der Waals surface area contributed by atoms with E-state index < -0.39 is 11.5 Å². The Morgan fingerprint density at radius 3 is 2.71 bits per heavy atom. The van der Waals surface area contributed by atoms with Crippen molar-refractivity contribution in [2.24, 2.45) is 0 Å². The number of halogens is 1. The van der Waals surface area contributed by atoms with Crippen molar-refractivity contribution in [2.75, 3.05) is 7.11 Å². The fourth-order valence-electron chi connectivity index (χ4n) is 3.81. The van der Waals surface area contributed by atoms with Gasteiger partial charge in [-0.25, -0.2) is 14.8 Å². The maximum Gasteiger partial charge on any atom is 0.338 e. The normalized spacial score (nSPS) is 13.4. The monoisotopic (exact) mass is 496 g/mol. The smallest absolute Gasteiger partial charge is 0.338 e. The highest BCUT2D eigenvalue weighted by atomic mass is 35.5. The van der Waals surface area contributed by atoms with E-state index in [0.29, 0.717) is 38.9 Å². The predicted octanol–water partition coefficient (Wildman–Crippen LogP) is 5.13. The van der Waals surface area contributed by atoms with Gasteiger partial charge in [-0.2, -0.15) is 4.98 Å². The molecule has 1 saturated carbocycles. The average molecular weight is 497 g/mol. The van der Waals surface area contributed by atoms with Gasteiger partial charge in [-0.3, -0.25) is 4.79 Å². The third-order valence-corrected chi connectivity index (χ3v) is 6.92. The van der Waals surface area contributed by atoms with Crippen LogP contribution in [0.1, 0.15) is 46.4 Å². The first-order chi connectivity index (χ1) is 16.4.